The standard InChI is InChI=1S/C20H21N3O3S/c24-20-17-12-6-7-13-18(17)21-19(22-20)14-23(15-8-4-5-9-15)27(25,26)16-10-2-1-3-11-16/h1-3,6-7,10-13,15H,4-5,8-9,14H2,(H,21,22,24). The van der Waals surface area contributed by atoms with E-state index in [-0.39, 0.29) is 23.0 Å². The number of H-pyrrole nitrogens is 1. The Labute approximate surface area is 157 Å². The maximum Gasteiger partial charge on any atom is 0.258 e. The summed E-state index contributed by atoms with van der Waals surface area (Å²) in [6, 6.07) is 15.4. The van der Waals surface area contributed by atoms with Crippen LogP contribution in [0.1, 0.15) is 31.5 Å². The van der Waals surface area contributed by atoms with Gasteiger partial charge in [-0.3, -0.25) is 4.79 Å². The predicted octanol–water partition coefficient (Wildman–Crippen LogP) is 3.06. The van der Waals surface area contributed by atoms with Crippen LogP contribution < -0.4 is 5.56 Å². The number of nitrogens with zero attached hydrogens (tertiary/aromatic N) is 2. The van der Waals surface area contributed by atoms with Crippen LogP contribution in [0.2, 0.25) is 0 Å². The van der Waals surface area contributed by atoms with Crippen LogP contribution in [0.3, 0.4) is 0 Å². The largest absolute Gasteiger partial charge is 0.309 e. The van der Waals surface area contributed by atoms with Crippen LogP contribution in [0.5, 0.6) is 0 Å². The number of para-hydroxylation sites is 1. The lowest BCUT2D eigenvalue weighted by Crippen LogP contribution is -2.39. The van der Waals surface area contributed by atoms with Crippen molar-refractivity contribution in [3.05, 3.63) is 70.8 Å². The van der Waals surface area contributed by atoms with E-state index >= 15 is 0 Å². The molecular weight excluding hydrogens is 362 g/mol. The highest BCUT2D eigenvalue weighted by Crippen LogP contribution is 2.29. The Morgan fingerprint density at radius 2 is 1.67 bits per heavy atom. The smallest absolute Gasteiger partial charge is 0.258 e. The Bertz CT molecular complexity index is 1100. The van der Waals surface area contributed by atoms with E-state index in [0.29, 0.717) is 16.7 Å². The molecule has 0 radical (unpaired) electrons. The van der Waals surface area contributed by atoms with Crippen molar-refractivity contribution in [1.29, 1.82) is 0 Å². The molecular formula is C20H21N3O3S. The summed E-state index contributed by atoms with van der Waals surface area (Å²) in [5.41, 5.74) is 0.318. The minimum atomic E-state index is -3.68. The fourth-order valence-corrected chi connectivity index (χ4v) is 5.36. The third-order valence-electron chi connectivity index (χ3n) is 5.05. The number of fused-ring (bicyclic) bond motifs is 1. The first-order chi connectivity index (χ1) is 13.1. The normalized spacial score (nSPS) is 15.6. The molecule has 7 heteroatoms. The van der Waals surface area contributed by atoms with Crippen molar-refractivity contribution in [3.8, 4) is 0 Å². The Morgan fingerprint density at radius 3 is 2.41 bits per heavy atom. The van der Waals surface area contributed by atoms with Gasteiger partial charge in [-0.1, -0.05) is 43.2 Å². The van der Waals surface area contributed by atoms with Gasteiger partial charge in [0.2, 0.25) is 10.0 Å². The molecule has 1 N–H and O–H groups in total. The molecule has 0 bridgehead atoms. The second kappa shape index (κ2) is 7.25. The van der Waals surface area contributed by atoms with Crippen molar-refractivity contribution >= 4 is 20.9 Å². The van der Waals surface area contributed by atoms with Crippen molar-refractivity contribution in [2.75, 3.05) is 0 Å². The number of sulfonamides is 1. The quantitative estimate of drug-likeness (QED) is 0.734. The highest BCUT2D eigenvalue weighted by Gasteiger charge is 2.33. The number of aromatic nitrogens is 2. The summed E-state index contributed by atoms with van der Waals surface area (Å²) in [4.78, 5) is 19.9. The summed E-state index contributed by atoms with van der Waals surface area (Å²) in [6.45, 7) is 0.0575. The van der Waals surface area contributed by atoms with Crippen LogP contribution in [-0.4, -0.2) is 28.7 Å². The summed E-state index contributed by atoms with van der Waals surface area (Å²) in [6.07, 6.45) is 3.66. The second-order valence-corrected chi connectivity index (χ2v) is 8.72. The molecule has 0 aliphatic heterocycles. The molecule has 0 amide bonds. The zero-order chi connectivity index (χ0) is 18.9. The lowest BCUT2D eigenvalue weighted by molar-refractivity contribution is 0.310. The van der Waals surface area contributed by atoms with E-state index in [9.17, 15) is 13.2 Å². The summed E-state index contributed by atoms with van der Waals surface area (Å²) >= 11 is 0. The minimum absolute atomic E-state index is 0.0575. The number of nitrogens with one attached hydrogen (secondary N) is 1. The molecule has 0 spiro atoms. The van der Waals surface area contributed by atoms with E-state index < -0.39 is 10.0 Å². The molecule has 0 atom stereocenters. The molecule has 6 nitrogen and oxygen atoms in total. The van der Waals surface area contributed by atoms with Gasteiger partial charge in [0, 0.05) is 6.04 Å². The molecule has 140 valence electrons. The zero-order valence-electron chi connectivity index (χ0n) is 14.8. The van der Waals surface area contributed by atoms with E-state index in [1.54, 1.807) is 48.5 Å². The van der Waals surface area contributed by atoms with Crippen molar-refractivity contribution in [2.45, 2.75) is 43.2 Å². The van der Waals surface area contributed by atoms with E-state index in [0.717, 1.165) is 25.7 Å². The van der Waals surface area contributed by atoms with Gasteiger partial charge in [0.15, 0.2) is 0 Å². The predicted molar refractivity (Wildman–Crippen MR) is 104 cm³/mol. The highest BCUT2D eigenvalue weighted by atomic mass is 32.2. The van der Waals surface area contributed by atoms with Gasteiger partial charge in [0.05, 0.1) is 22.3 Å². The molecule has 1 heterocycles. The topological polar surface area (TPSA) is 83.1 Å². The van der Waals surface area contributed by atoms with E-state index in [1.165, 1.54) is 4.31 Å². The molecule has 0 unspecified atom stereocenters. The van der Waals surface area contributed by atoms with Crippen LogP contribution in [0.4, 0.5) is 0 Å². The van der Waals surface area contributed by atoms with Gasteiger partial charge >= 0.3 is 0 Å². The van der Waals surface area contributed by atoms with E-state index in [1.807, 2.05) is 6.07 Å². The number of aromatic amines is 1. The van der Waals surface area contributed by atoms with Crippen LogP contribution >= 0.6 is 0 Å². The van der Waals surface area contributed by atoms with Crippen molar-refractivity contribution in [1.82, 2.24) is 14.3 Å². The summed E-state index contributed by atoms with van der Waals surface area (Å²) < 4.78 is 28.1. The van der Waals surface area contributed by atoms with Gasteiger partial charge in [-0.2, -0.15) is 4.31 Å². The first-order valence-corrected chi connectivity index (χ1v) is 10.5. The average Bonchev–Trinajstić information content (AvgIpc) is 3.21. The fourth-order valence-electron chi connectivity index (χ4n) is 3.69. The Hall–Kier alpha value is -2.51. The van der Waals surface area contributed by atoms with Crippen molar-refractivity contribution in [2.24, 2.45) is 0 Å². The molecule has 1 aliphatic carbocycles. The SMILES string of the molecule is O=c1[nH]c(CN(C2CCCC2)S(=O)(=O)c2ccccc2)nc2ccccc12. The van der Waals surface area contributed by atoms with Gasteiger partial charge < -0.3 is 4.98 Å². The molecule has 3 aromatic rings. The van der Waals surface area contributed by atoms with Crippen molar-refractivity contribution < 1.29 is 8.42 Å². The number of benzene rings is 2. The number of rotatable bonds is 5. The van der Waals surface area contributed by atoms with Gasteiger partial charge in [-0.05, 0) is 37.1 Å². The molecule has 27 heavy (non-hydrogen) atoms. The molecule has 1 aliphatic rings. The van der Waals surface area contributed by atoms with Gasteiger partial charge in [0.25, 0.3) is 5.56 Å². The maximum absolute atomic E-state index is 13.3. The number of hydrogen-bond donors (Lipinski definition) is 1. The third kappa shape index (κ3) is 3.52. The van der Waals surface area contributed by atoms with Crippen LogP contribution in [-0.2, 0) is 16.6 Å². The highest BCUT2D eigenvalue weighted by molar-refractivity contribution is 7.89. The second-order valence-electron chi connectivity index (χ2n) is 6.83. The monoisotopic (exact) mass is 383 g/mol. The molecule has 1 aromatic heterocycles. The molecule has 4 rings (SSSR count). The summed E-state index contributed by atoms with van der Waals surface area (Å²) in [7, 11) is -3.68. The molecule has 1 fully saturated rings. The fraction of sp³-hybridized carbons (Fsp3) is 0.300. The van der Waals surface area contributed by atoms with E-state index in [2.05, 4.69) is 9.97 Å². The summed E-state index contributed by atoms with van der Waals surface area (Å²) in [5, 5.41) is 0.500. The first-order valence-electron chi connectivity index (χ1n) is 9.10. The van der Waals surface area contributed by atoms with Crippen LogP contribution in [0.15, 0.2) is 64.3 Å². The van der Waals surface area contributed by atoms with Gasteiger partial charge in [-0.15, -0.1) is 0 Å². The molecule has 1 saturated carbocycles. The molecule has 0 saturated heterocycles. The average molecular weight is 383 g/mol. The zero-order valence-corrected chi connectivity index (χ0v) is 15.7. The summed E-state index contributed by atoms with van der Waals surface area (Å²) in [5.74, 6) is 0.366. The van der Waals surface area contributed by atoms with Crippen LogP contribution in [0.25, 0.3) is 10.9 Å². The maximum atomic E-state index is 13.3. The van der Waals surface area contributed by atoms with E-state index in [4.69, 9.17) is 0 Å². The Morgan fingerprint density at radius 1 is 1.00 bits per heavy atom. The Balaban J connectivity index is 1.75. The lowest BCUT2D eigenvalue weighted by atomic mass is 10.2. The lowest BCUT2D eigenvalue weighted by Gasteiger charge is -2.27. The van der Waals surface area contributed by atoms with Crippen LogP contribution in [0, 0.1) is 0 Å². The number of hydrogen-bond acceptors (Lipinski definition) is 4. The minimum Gasteiger partial charge on any atom is -0.309 e. The first kappa shape index (κ1) is 17.9. The van der Waals surface area contributed by atoms with Gasteiger partial charge in [-0.25, -0.2) is 13.4 Å². The molecule has 2 aromatic carbocycles. The van der Waals surface area contributed by atoms with Gasteiger partial charge in [0.1, 0.15) is 5.82 Å². The Kier molecular flexibility index (Phi) is 4.80. The third-order valence-corrected chi connectivity index (χ3v) is 6.96. The van der Waals surface area contributed by atoms with Crippen molar-refractivity contribution in [3.63, 3.8) is 0 Å².